The summed E-state index contributed by atoms with van der Waals surface area (Å²) in [6.45, 7) is 2.02. The van der Waals surface area contributed by atoms with Crippen LogP contribution in [0, 0.1) is 6.92 Å². The van der Waals surface area contributed by atoms with Crippen molar-refractivity contribution < 1.29 is 0 Å². The lowest BCUT2D eigenvalue weighted by molar-refractivity contribution is 1.24. The van der Waals surface area contributed by atoms with Crippen LogP contribution >= 0.6 is 0 Å². The molecule has 0 saturated heterocycles. The summed E-state index contributed by atoms with van der Waals surface area (Å²) in [7, 11) is 0. The number of hydrogen-bond donors (Lipinski definition) is 1. The van der Waals surface area contributed by atoms with E-state index >= 15 is 0 Å². The van der Waals surface area contributed by atoms with E-state index in [1.54, 1.807) is 0 Å². The minimum Gasteiger partial charge on any atom is -0.396 e. The number of nitrogens with zero attached hydrogens (tertiary/aromatic N) is 1. The number of nitrogens with two attached hydrogens (primary N) is 1. The van der Waals surface area contributed by atoms with Crippen LogP contribution in [0.4, 0.5) is 5.69 Å². The minimum absolute atomic E-state index is 0.752. The lowest BCUT2D eigenvalue weighted by Gasteiger charge is -2.11. The molecular formula is C16H14N2. The van der Waals surface area contributed by atoms with E-state index < -0.39 is 0 Å². The van der Waals surface area contributed by atoms with E-state index in [1.165, 1.54) is 0 Å². The number of hydrogen-bond acceptors (Lipinski definition) is 2. The topological polar surface area (TPSA) is 38.9 Å². The number of benzene rings is 2. The maximum absolute atomic E-state index is 6.26. The largest absolute Gasteiger partial charge is 0.396 e. The third kappa shape index (κ3) is 1.63. The molecule has 2 aromatic carbocycles. The van der Waals surface area contributed by atoms with Gasteiger partial charge in [-0.05, 0) is 6.92 Å². The molecule has 88 valence electrons. The quantitative estimate of drug-likeness (QED) is 0.695. The molecule has 3 rings (SSSR count). The summed E-state index contributed by atoms with van der Waals surface area (Å²) < 4.78 is 0. The standard InChI is InChI=1S/C16H14N2/c1-11-13-9-5-6-10-14(13)15(17)16(18-11)12-7-3-2-4-8-12/h2-10H,17H2,1H3. The van der Waals surface area contributed by atoms with Gasteiger partial charge >= 0.3 is 0 Å². The van der Waals surface area contributed by atoms with Gasteiger partial charge in [0.2, 0.25) is 0 Å². The van der Waals surface area contributed by atoms with Crippen LogP contribution in [0.15, 0.2) is 54.6 Å². The fraction of sp³-hybridized carbons (Fsp3) is 0.0625. The summed E-state index contributed by atoms with van der Waals surface area (Å²) in [5.41, 5.74) is 9.95. The normalized spacial score (nSPS) is 10.7. The van der Waals surface area contributed by atoms with Gasteiger partial charge in [-0.25, -0.2) is 0 Å². The van der Waals surface area contributed by atoms with Crippen molar-refractivity contribution in [3.63, 3.8) is 0 Å². The van der Waals surface area contributed by atoms with E-state index in [2.05, 4.69) is 11.1 Å². The van der Waals surface area contributed by atoms with Crippen molar-refractivity contribution >= 4 is 16.5 Å². The molecule has 1 aromatic heterocycles. The van der Waals surface area contributed by atoms with E-state index in [0.29, 0.717) is 0 Å². The van der Waals surface area contributed by atoms with Gasteiger partial charge in [0.15, 0.2) is 0 Å². The molecule has 0 unspecified atom stereocenters. The molecule has 0 saturated carbocycles. The van der Waals surface area contributed by atoms with Crippen molar-refractivity contribution in [3.8, 4) is 11.3 Å². The Balaban J connectivity index is 2.35. The Hall–Kier alpha value is -2.35. The Bertz CT molecular complexity index is 703. The van der Waals surface area contributed by atoms with Crippen LogP contribution in [0.5, 0.6) is 0 Å². The van der Waals surface area contributed by atoms with E-state index in [1.807, 2.05) is 55.5 Å². The Morgan fingerprint density at radius 1 is 0.833 bits per heavy atom. The van der Waals surface area contributed by atoms with Crippen LogP contribution in [0.25, 0.3) is 22.0 Å². The molecule has 0 bridgehead atoms. The molecule has 0 atom stereocenters. The van der Waals surface area contributed by atoms with Crippen LogP contribution in [0.3, 0.4) is 0 Å². The predicted molar refractivity (Wildman–Crippen MR) is 76.3 cm³/mol. The summed E-state index contributed by atoms with van der Waals surface area (Å²) in [5, 5.41) is 2.19. The monoisotopic (exact) mass is 234 g/mol. The van der Waals surface area contributed by atoms with Crippen LogP contribution in [0.2, 0.25) is 0 Å². The Kier molecular flexibility index (Phi) is 2.49. The average molecular weight is 234 g/mol. The third-order valence-electron chi connectivity index (χ3n) is 3.19. The van der Waals surface area contributed by atoms with Gasteiger partial charge in [0.25, 0.3) is 0 Å². The molecule has 0 spiro atoms. The minimum atomic E-state index is 0.752. The van der Waals surface area contributed by atoms with E-state index in [9.17, 15) is 0 Å². The van der Waals surface area contributed by atoms with Crippen LogP contribution in [-0.2, 0) is 0 Å². The maximum Gasteiger partial charge on any atom is 0.0940 e. The summed E-state index contributed by atoms with van der Waals surface area (Å²) in [6, 6.07) is 18.2. The van der Waals surface area contributed by atoms with Crippen LogP contribution < -0.4 is 5.73 Å². The van der Waals surface area contributed by atoms with Gasteiger partial charge < -0.3 is 5.73 Å². The van der Waals surface area contributed by atoms with Gasteiger partial charge in [-0.2, -0.15) is 0 Å². The van der Waals surface area contributed by atoms with Crippen LogP contribution in [0.1, 0.15) is 5.69 Å². The van der Waals surface area contributed by atoms with Gasteiger partial charge in [0.1, 0.15) is 0 Å². The second-order valence-electron chi connectivity index (χ2n) is 4.37. The zero-order valence-corrected chi connectivity index (χ0v) is 10.2. The Morgan fingerprint density at radius 3 is 2.17 bits per heavy atom. The number of anilines is 1. The third-order valence-corrected chi connectivity index (χ3v) is 3.19. The lowest BCUT2D eigenvalue weighted by atomic mass is 10.0. The molecule has 3 aromatic rings. The Labute approximate surface area is 106 Å². The fourth-order valence-corrected chi connectivity index (χ4v) is 2.27. The highest BCUT2D eigenvalue weighted by atomic mass is 14.8. The van der Waals surface area contributed by atoms with Gasteiger partial charge in [-0.15, -0.1) is 0 Å². The van der Waals surface area contributed by atoms with Gasteiger partial charge in [0.05, 0.1) is 11.4 Å². The van der Waals surface area contributed by atoms with Crippen molar-refractivity contribution in [2.75, 3.05) is 5.73 Å². The van der Waals surface area contributed by atoms with Gasteiger partial charge in [0, 0.05) is 22.0 Å². The number of aryl methyl sites for hydroxylation is 1. The summed E-state index contributed by atoms with van der Waals surface area (Å²) in [4.78, 5) is 4.65. The molecule has 2 N–H and O–H groups in total. The lowest BCUT2D eigenvalue weighted by Crippen LogP contribution is -1.97. The molecule has 0 aliphatic carbocycles. The smallest absolute Gasteiger partial charge is 0.0940 e. The second-order valence-corrected chi connectivity index (χ2v) is 4.37. The fourth-order valence-electron chi connectivity index (χ4n) is 2.27. The van der Waals surface area contributed by atoms with Crippen molar-refractivity contribution in [3.05, 3.63) is 60.3 Å². The molecule has 18 heavy (non-hydrogen) atoms. The molecule has 1 heterocycles. The second kappa shape index (κ2) is 4.15. The van der Waals surface area contributed by atoms with E-state index in [-0.39, 0.29) is 0 Å². The number of pyridine rings is 1. The van der Waals surface area contributed by atoms with Crippen LogP contribution in [-0.4, -0.2) is 4.98 Å². The molecule has 0 radical (unpaired) electrons. The first-order chi connectivity index (χ1) is 8.77. The SMILES string of the molecule is Cc1nc(-c2ccccc2)c(N)c2ccccc12. The average Bonchev–Trinajstić information content (AvgIpc) is 2.44. The van der Waals surface area contributed by atoms with Crippen molar-refractivity contribution in [1.29, 1.82) is 0 Å². The summed E-state index contributed by atoms with van der Waals surface area (Å²) in [6.07, 6.45) is 0. The van der Waals surface area contributed by atoms with Crippen molar-refractivity contribution in [2.24, 2.45) is 0 Å². The van der Waals surface area contributed by atoms with Crippen molar-refractivity contribution in [1.82, 2.24) is 4.98 Å². The highest BCUT2D eigenvalue weighted by Crippen LogP contribution is 2.31. The maximum atomic E-state index is 6.26. The first-order valence-electron chi connectivity index (χ1n) is 5.97. The van der Waals surface area contributed by atoms with Gasteiger partial charge in [-0.1, -0.05) is 54.6 Å². The zero-order valence-electron chi connectivity index (χ0n) is 10.2. The predicted octanol–water partition coefficient (Wildman–Crippen LogP) is 3.79. The zero-order chi connectivity index (χ0) is 12.5. The molecule has 0 fully saturated rings. The van der Waals surface area contributed by atoms with Crippen molar-refractivity contribution in [2.45, 2.75) is 6.92 Å². The molecule has 2 nitrogen and oxygen atoms in total. The number of rotatable bonds is 1. The van der Waals surface area contributed by atoms with Gasteiger partial charge in [-0.3, -0.25) is 4.98 Å². The molecule has 2 heteroatoms. The highest BCUT2D eigenvalue weighted by Gasteiger charge is 2.10. The highest BCUT2D eigenvalue weighted by molar-refractivity contribution is 5.99. The summed E-state index contributed by atoms with van der Waals surface area (Å²) in [5.74, 6) is 0. The molecular weight excluding hydrogens is 220 g/mol. The molecule has 0 aliphatic heterocycles. The molecule has 0 aliphatic rings. The summed E-state index contributed by atoms with van der Waals surface area (Å²) >= 11 is 0. The van der Waals surface area contributed by atoms with E-state index in [0.717, 1.165) is 33.4 Å². The first kappa shape index (κ1) is 10.8. The number of aromatic nitrogens is 1. The number of fused-ring (bicyclic) bond motifs is 1. The first-order valence-corrected chi connectivity index (χ1v) is 5.97. The molecule has 0 amide bonds. The Morgan fingerprint density at radius 2 is 1.44 bits per heavy atom. The number of nitrogen functional groups attached to an aromatic ring is 1. The van der Waals surface area contributed by atoms with E-state index in [4.69, 9.17) is 5.73 Å².